The molecule has 14 heavy (non-hydrogen) atoms. The van der Waals surface area contributed by atoms with Gasteiger partial charge in [-0.15, -0.1) is 0 Å². The maximum absolute atomic E-state index is 10.7. The molecular formula is C8H12MgO5. The van der Waals surface area contributed by atoms with E-state index in [1.807, 2.05) is 0 Å². The third-order valence-corrected chi connectivity index (χ3v) is 1.14. The Kier molecular flexibility index (Phi) is 9.69. The third kappa shape index (κ3) is 7.75. The van der Waals surface area contributed by atoms with E-state index in [2.05, 4.69) is 16.1 Å². The van der Waals surface area contributed by atoms with Crippen molar-refractivity contribution < 1.29 is 26.7 Å². The fourth-order valence-corrected chi connectivity index (χ4v) is 0.511. The summed E-state index contributed by atoms with van der Waals surface area (Å²) in [6.45, 7) is 3.11. The minimum atomic E-state index is -0.824. The van der Waals surface area contributed by atoms with E-state index in [4.69, 9.17) is 0 Å². The molecule has 0 atom stereocenters. The van der Waals surface area contributed by atoms with Gasteiger partial charge >= 0.3 is 41.0 Å². The minimum Gasteiger partial charge on any atom is -1.00 e. The molecule has 0 unspecified atom stereocenters. The molecule has 0 saturated carbocycles. The van der Waals surface area contributed by atoms with Crippen molar-refractivity contribution in [3.8, 4) is 0 Å². The summed E-state index contributed by atoms with van der Waals surface area (Å²) in [6.07, 6.45) is 0.599. The summed E-state index contributed by atoms with van der Waals surface area (Å²) < 4.78 is 8.47. The van der Waals surface area contributed by atoms with Gasteiger partial charge in [0.1, 0.15) is 0 Å². The molecule has 6 heteroatoms. The largest absolute Gasteiger partial charge is 2.00 e. The van der Waals surface area contributed by atoms with Crippen molar-refractivity contribution in [3.05, 3.63) is 12.7 Å². The van der Waals surface area contributed by atoms with E-state index in [1.165, 1.54) is 7.11 Å². The molecule has 5 nitrogen and oxygen atoms in total. The second-order valence-electron chi connectivity index (χ2n) is 2.07. The molecule has 0 rings (SSSR count). The van der Waals surface area contributed by atoms with Gasteiger partial charge in [-0.05, 0) is 0 Å². The van der Waals surface area contributed by atoms with Crippen LogP contribution < -0.4 is 0 Å². The van der Waals surface area contributed by atoms with Gasteiger partial charge in [-0.25, -0.2) is 4.79 Å². The number of esters is 3. The molecule has 0 saturated heterocycles. The van der Waals surface area contributed by atoms with Crippen LogP contribution in [0.15, 0.2) is 12.7 Å². The SMILES string of the molecule is C=CC(=O)OC(=O)CCC(=O)OC.[H-].[H-].[Mg+2]. The van der Waals surface area contributed by atoms with Crippen molar-refractivity contribution in [3.63, 3.8) is 0 Å². The Bertz CT molecular complexity index is 245. The summed E-state index contributed by atoms with van der Waals surface area (Å²) >= 11 is 0. The van der Waals surface area contributed by atoms with Gasteiger partial charge in [-0.3, -0.25) is 9.59 Å². The number of hydrogen-bond acceptors (Lipinski definition) is 5. The van der Waals surface area contributed by atoms with Crippen LogP contribution in [0.4, 0.5) is 0 Å². The molecule has 0 heterocycles. The van der Waals surface area contributed by atoms with Crippen LogP contribution in [0.25, 0.3) is 0 Å². The molecule has 0 aliphatic rings. The molecule has 0 aromatic carbocycles. The molecule has 0 aromatic heterocycles. The van der Waals surface area contributed by atoms with Crippen molar-refractivity contribution in [2.45, 2.75) is 12.8 Å². The van der Waals surface area contributed by atoms with E-state index < -0.39 is 17.9 Å². The van der Waals surface area contributed by atoms with Crippen LogP contribution in [-0.4, -0.2) is 48.1 Å². The standard InChI is InChI=1S/C8H10O5.Mg.2H/c1-3-6(9)13-8(11)5-4-7(10)12-2;;;/h3H,1,4-5H2,2H3;;;/q;+2;2*-1. The summed E-state index contributed by atoms with van der Waals surface area (Å²) in [5.41, 5.74) is 0. The van der Waals surface area contributed by atoms with Gasteiger partial charge in [-0.1, -0.05) is 6.58 Å². The number of carbonyl (C=O) groups is 3. The fraction of sp³-hybridized carbons (Fsp3) is 0.375. The smallest absolute Gasteiger partial charge is 1.00 e. The van der Waals surface area contributed by atoms with Crippen LogP contribution in [0.2, 0.25) is 0 Å². The minimum absolute atomic E-state index is 0. The summed E-state index contributed by atoms with van der Waals surface area (Å²) in [5, 5.41) is 0. The zero-order valence-corrected chi connectivity index (χ0v) is 9.36. The van der Waals surface area contributed by atoms with E-state index >= 15 is 0 Å². The van der Waals surface area contributed by atoms with E-state index in [9.17, 15) is 14.4 Å². The van der Waals surface area contributed by atoms with Crippen LogP contribution in [0.5, 0.6) is 0 Å². The summed E-state index contributed by atoms with van der Waals surface area (Å²) in [7, 11) is 1.21. The van der Waals surface area contributed by atoms with Gasteiger partial charge in [0, 0.05) is 6.08 Å². The molecule has 76 valence electrons. The molecule has 0 fully saturated rings. The molecular weight excluding hydrogens is 200 g/mol. The average molecular weight is 212 g/mol. The number of ether oxygens (including phenoxy) is 2. The summed E-state index contributed by atoms with van der Waals surface area (Å²) in [5.74, 6) is -2.12. The Morgan fingerprint density at radius 3 is 2.21 bits per heavy atom. The second kappa shape index (κ2) is 8.70. The molecule has 0 amide bonds. The number of carbonyl (C=O) groups excluding carboxylic acids is 3. The van der Waals surface area contributed by atoms with E-state index in [1.54, 1.807) is 0 Å². The quantitative estimate of drug-likeness (QED) is 0.285. The molecule has 0 spiro atoms. The third-order valence-electron chi connectivity index (χ3n) is 1.14. The van der Waals surface area contributed by atoms with Gasteiger partial charge in [0.25, 0.3) is 0 Å². The Morgan fingerprint density at radius 1 is 1.29 bits per heavy atom. The van der Waals surface area contributed by atoms with Gasteiger partial charge in [0.05, 0.1) is 20.0 Å². The predicted molar refractivity (Wildman–Crippen MR) is 50.5 cm³/mol. The molecule has 0 aliphatic heterocycles. The maximum Gasteiger partial charge on any atom is 2.00 e. The molecule has 0 N–H and O–H groups in total. The normalized spacial score (nSPS) is 8.07. The first kappa shape index (κ1) is 15.6. The van der Waals surface area contributed by atoms with Crippen molar-refractivity contribution in [2.75, 3.05) is 7.11 Å². The molecule has 0 aliphatic carbocycles. The number of rotatable bonds is 4. The average Bonchev–Trinajstić information content (AvgIpc) is 2.13. The topological polar surface area (TPSA) is 69.7 Å². The Balaban J connectivity index is -0.000000240. The Morgan fingerprint density at radius 2 is 1.79 bits per heavy atom. The predicted octanol–water partition coefficient (Wildman–Crippen LogP) is 0.0396. The second-order valence-corrected chi connectivity index (χ2v) is 2.07. The van der Waals surface area contributed by atoms with Crippen LogP contribution in [0.1, 0.15) is 15.7 Å². The van der Waals surface area contributed by atoms with Gasteiger partial charge in [-0.2, -0.15) is 0 Å². The van der Waals surface area contributed by atoms with Crippen LogP contribution in [0, 0.1) is 0 Å². The monoisotopic (exact) mass is 212 g/mol. The van der Waals surface area contributed by atoms with Crippen LogP contribution >= 0.6 is 0 Å². The maximum atomic E-state index is 10.7. The van der Waals surface area contributed by atoms with E-state index in [-0.39, 0.29) is 38.7 Å². The van der Waals surface area contributed by atoms with Crippen molar-refractivity contribution in [1.82, 2.24) is 0 Å². The fourth-order valence-electron chi connectivity index (χ4n) is 0.511. The van der Waals surface area contributed by atoms with Gasteiger partial charge in [0.15, 0.2) is 0 Å². The van der Waals surface area contributed by atoms with Gasteiger partial charge < -0.3 is 12.3 Å². The molecule has 0 aromatic rings. The van der Waals surface area contributed by atoms with Crippen molar-refractivity contribution >= 4 is 41.0 Å². The van der Waals surface area contributed by atoms with E-state index in [0.29, 0.717) is 0 Å². The number of hydrogen-bond donors (Lipinski definition) is 0. The first-order valence-electron chi connectivity index (χ1n) is 3.54. The molecule has 0 radical (unpaired) electrons. The van der Waals surface area contributed by atoms with Gasteiger partial charge in [0.2, 0.25) is 0 Å². The van der Waals surface area contributed by atoms with E-state index in [0.717, 1.165) is 6.08 Å². The zero-order valence-electron chi connectivity index (χ0n) is 9.95. The number of methoxy groups -OCH3 is 1. The first-order valence-corrected chi connectivity index (χ1v) is 3.54. The molecule has 0 bridgehead atoms. The summed E-state index contributed by atoms with van der Waals surface area (Å²) in [6, 6.07) is 0. The summed E-state index contributed by atoms with van der Waals surface area (Å²) in [4.78, 5) is 31.7. The van der Waals surface area contributed by atoms with Crippen LogP contribution in [0.3, 0.4) is 0 Å². The Hall–Kier alpha value is -0.884. The van der Waals surface area contributed by atoms with Crippen molar-refractivity contribution in [2.24, 2.45) is 0 Å². The Labute approximate surface area is 101 Å². The van der Waals surface area contributed by atoms with Crippen molar-refractivity contribution in [1.29, 1.82) is 0 Å². The zero-order chi connectivity index (χ0) is 10.3. The van der Waals surface area contributed by atoms with Crippen LogP contribution in [-0.2, 0) is 23.9 Å². The first-order chi connectivity index (χ1) is 6.10.